The van der Waals surface area contributed by atoms with E-state index in [0.29, 0.717) is 16.9 Å². The summed E-state index contributed by atoms with van der Waals surface area (Å²) in [6.07, 6.45) is 0.103. The van der Waals surface area contributed by atoms with Crippen molar-refractivity contribution in [3.8, 4) is 17.6 Å². The van der Waals surface area contributed by atoms with E-state index in [4.69, 9.17) is 15.2 Å². The van der Waals surface area contributed by atoms with Crippen LogP contribution in [0.3, 0.4) is 0 Å². The maximum atomic E-state index is 13.9. The molecule has 0 radical (unpaired) electrons. The van der Waals surface area contributed by atoms with Crippen LogP contribution in [0.5, 0.6) is 11.5 Å². The molecule has 1 aliphatic heterocycles. The molecule has 4 aromatic carbocycles. The van der Waals surface area contributed by atoms with Gasteiger partial charge in [0.15, 0.2) is 0 Å². The van der Waals surface area contributed by atoms with Crippen LogP contribution in [-0.4, -0.2) is 5.97 Å². The highest BCUT2D eigenvalue weighted by Gasteiger charge is 2.31. The zero-order valence-corrected chi connectivity index (χ0v) is 18.0. The molecule has 2 N–H and O–H groups in total. The van der Waals surface area contributed by atoms with Crippen LogP contribution >= 0.6 is 0 Å². The molecule has 0 aromatic heterocycles. The van der Waals surface area contributed by atoms with E-state index in [9.17, 15) is 14.4 Å². The number of nitrogens with zero attached hydrogens (tertiary/aromatic N) is 1. The van der Waals surface area contributed by atoms with Gasteiger partial charge in [-0.15, -0.1) is 0 Å². The number of hydrogen-bond donors (Lipinski definition) is 1. The number of nitrogens with two attached hydrogens (primary N) is 1. The summed E-state index contributed by atoms with van der Waals surface area (Å²) in [7, 11) is 0. The number of allylic oxidation sites excluding steroid dienone is 1. The van der Waals surface area contributed by atoms with Crippen molar-refractivity contribution in [2.75, 3.05) is 0 Å². The first-order valence-corrected chi connectivity index (χ1v) is 10.7. The largest absolute Gasteiger partial charge is 0.440 e. The van der Waals surface area contributed by atoms with Gasteiger partial charge in [0.2, 0.25) is 5.88 Å². The number of esters is 1. The van der Waals surface area contributed by atoms with Gasteiger partial charge in [-0.1, -0.05) is 60.7 Å². The van der Waals surface area contributed by atoms with Gasteiger partial charge in [-0.2, -0.15) is 5.26 Å². The predicted octanol–water partition coefficient (Wildman–Crippen LogP) is 5.35. The van der Waals surface area contributed by atoms with E-state index >= 15 is 0 Å². The molecule has 4 aromatic rings. The first kappa shape index (κ1) is 21.2. The molecule has 0 aliphatic carbocycles. The number of benzene rings is 4. The second-order valence-corrected chi connectivity index (χ2v) is 7.97. The Labute approximate surface area is 195 Å². The number of ether oxygens (including phenoxy) is 2. The molecule has 1 unspecified atom stereocenters. The van der Waals surface area contributed by atoms with E-state index in [1.54, 1.807) is 30.3 Å². The molecule has 5 rings (SSSR count). The Bertz CT molecular complexity index is 1500. The average molecular weight is 450 g/mol. The molecule has 1 heterocycles. The highest BCUT2D eigenvalue weighted by Crippen LogP contribution is 2.43. The fourth-order valence-corrected chi connectivity index (χ4v) is 4.30. The van der Waals surface area contributed by atoms with Crippen LogP contribution in [0.15, 0.2) is 96.4 Å². The van der Waals surface area contributed by atoms with Gasteiger partial charge in [0, 0.05) is 11.6 Å². The molecule has 34 heavy (non-hydrogen) atoms. The second kappa shape index (κ2) is 8.72. The number of carbonyl (C=O) groups is 1. The normalized spacial score (nSPS) is 14.8. The number of nitriles is 1. The number of carbonyl (C=O) groups excluding carboxylic acids is 1. The fourth-order valence-electron chi connectivity index (χ4n) is 4.30. The minimum Gasteiger partial charge on any atom is -0.440 e. The van der Waals surface area contributed by atoms with Crippen LogP contribution in [0.2, 0.25) is 0 Å². The summed E-state index contributed by atoms with van der Waals surface area (Å²) < 4.78 is 25.1. The van der Waals surface area contributed by atoms with Crippen LogP contribution < -0.4 is 15.2 Å². The Morgan fingerprint density at radius 1 is 1.03 bits per heavy atom. The lowest BCUT2D eigenvalue weighted by molar-refractivity contribution is -0.133. The lowest BCUT2D eigenvalue weighted by Crippen LogP contribution is -2.21. The van der Waals surface area contributed by atoms with Gasteiger partial charge < -0.3 is 15.2 Å². The quantitative estimate of drug-likeness (QED) is 0.335. The molecule has 1 aliphatic rings. The van der Waals surface area contributed by atoms with Crippen molar-refractivity contribution in [3.63, 3.8) is 0 Å². The van der Waals surface area contributed by atoms with Crippen molar-refractivity contribution in [1.82, 2.24) is 0 Å². The fraction of sp³-hybridized carbons (Fsp3) is 0.0714. The van der Waals surface area contributed by atoms with Crippen LogP contribution in [0.1, 0.15) is 22.6 Å². The molecule has 0 bridgehead atoms. The van der Waals surface area contributed by atoms with Gasteiger partial charge in [-0.05, 0) is 40.1 Å². The molecule has 6 heteroatoms. The number of rotatable bonds is 4. The molecule has 166 valence electrons. The van der Waals surface area contributed by atoms with E-state index in [1.807, 2.05) is 42.5 Å². The zero-order chi connectivity index (χ0) is 23.7. The van der Waals surface area contributed by atoms with Gasteiger partial charge >= 0.3 is 5.97 Å². The van der Waals surface area contributed by atoms with Crippen molar-refractivity contribution in [2.45, 2.75) is 12.3 Å². The topological polar surface area (TPSA) is 85.3 Å². The van der Waals surface area contributed by atoms with Gasteiger partial charge in [0.25, 0.3) is 0 Å². The van der Waals surface area contributed by atoms with E-state index in [-0.39, 0.29) is 23.6 Å². The third kappa shape index (κ3) is 3.96. The summed E-state index contributed by atoms with van der Waals surface area (Å²) in [6.45, 7) is 0. The Morgan fingerprint density at radius 2 is 1.82 bits per heavy atom. The molecular formula is C28H19FN2O3. The smallest absolute Gasteiger partial charge is 0.315 e. The summed E-state index contributed by atoms with van der Waals surface area (Å²) >= 11 is 0. The van der Waals surface area contributed by atoms with E-state index in [2.05, 4.69) is 6.07 Å². The average Bonchev–Trinajstić information content (AvgIpc) is 2.83. The summed E-state index contributed by atoms with van der Waals surface area (Å²) in [5, 5.41) is 11.7. The summed E-state index contributed by atoms with van der Waals surface area (Å²) in [5.41, 5.74) is 8.28. The lowest BCUT2D eigenvalue weighted by atomic mass is 9.83. The van der Waals surface area contributed by atoms with Crippen LogP contribution in [0, 0.1) is 17.1 Å². The van der Waals surface area contributed by atoms with E-state index in [1.165, 1.54) is 12.1 Å². The van der Waals surface area contributed by atoms with Crippen molar-refractivity contribution < 1.29 is 18.7 Å². The first-order valence-electron chi connectivity index (χ1n) is 10.7. The summed E-state index contributed by atoms with van der Waals surface area (Å²) in [4.78, 5) is 12.7. The van der Waals surface area contributed by atoms with Crippen LogP contribution in [0.25, 0.3) is 10.8 Å². The molecular weight excluding hydrogens is 431 g/mol. The maximum absolute atomic E-state index is 13.9. The Hall–Kier alpha value is -4.63. The van der Waals surface area contributed by atoms with Gasteiger partial charge in [-0.25, -0.2) is 4.39 Å². The van der Waals surface area contributed by atoms with Crippen molar-refractivity contribution in [3.05, 3.63) is 119 Å². The number of fused-ring (bicyclic) bond motifs is 2. The van der Waals surface area contributed by atoms with Crippen LogP contribution in [0.4, 0.5) is 4.39 Å². The third-order valence-corrected chi connectivity index (χ3v) is 5.82. The molecule has 0 fully saturated rings. The van der Waals surface area contributed by atoms with Gasteiger partial charge in [-0.3, -0.25) is 4.79 Å². The Balaban J connectivity index is 1.43. The molecule has 0 saturated heterocycles. The van der Waals surface area contributed by atoms with Gasteiger partial charge in [0.05, 0.1) is 12.3 Å². The molecule has 5 nitrogen and oxygen atoms in total. The zero-order valence-electron chi connectivity index (χ0n) is 18.0. The standard InChI is InChI=1S/C28H19FN2O3/c29-20-9-4-8-19(13-20)27-23-12-11-21(15-25(23)34-28(31)24(27)16-30)33-26(32)14-18-7-3-6-17-5-1-2-10-22(17)18/h1-13,15,27H,14,31H2. The minimum absolute atomic E-state index is 0.0662. The lowest BCUT2D eigenvalue weighted by Gasteiger charge is -2.26. The van der Waals surface area contributed by atoms with E-state index < -0.39 is 17.7 Å². The number of halogens is 1. The molecule has 0 spiro atoms. The monoisotopic (exact) mass is 450 g/mol. The Kier molecular flexibility index (Phi) is 5.44. The second-order valence-electron chi connectivity index (χ2n) is 7.97. The van der Waals surface area contributed by atoms with Crippen molar-refractivity contribution >= 4 is 16.7 Å². The maximum Gasteiger partial charge on any atom is 0.315 e. The highest BCUT2D eigenvalue weighted by molar-refractivity contribution is 5.89. The predicted molar refractivity (Wildman–Crippen MR) is 125 cm³/mol. The summed E-state index contributed by atoms with van der Waals surface area (Å²) in [5.74, 6) is -0.861. The highest BCUT2D eigenvalue weighted by atomic mass is 19.1. The van der Waals surface area contributed by atoms with E-state index in [0.717, 1.165) is 16.3 Å². The third-order valence-electron chi connectivity index (χ3n) is 5.82. The Morgan fingerprint density at radius 3 is 2.65 bits per heavy atom. The van der Waals surface area contributed by atoms with Gasteiger partial charge in [0.1, 0.15) is 29.0 Å². The van der Waals surface area contributed by atoms with Crippen LogP contribution in [-0.2, 0) is 11.2 Å². The number of hydrogen-bond acceptors (Lipinski definition) is 5. The molecule has 1 atom stereocenters. The molecule has 0 saturated carbocycles. The SMILES string of the molecule is N#CC1=C(N)Oc2cc(OC(=O)Cc3cccc4ccccc34)ccc2C1c1cccc(F)c1. The van der Waals surface area contributed by atoms with Crippen molar-refractivity contribution in [1.29, 1.82) is 5.26 Å². The first-order chi connectivity index (χ1) is 16.5. The molecule has 0 amide bonds. The van der Waals surface area contributed by atoms with Crippen molar-refractivity contribution in [2.24, 2.45) is 5.73 Å². The minimum atomic E-state index is -0.593. The summed E-state index contributed by atoms with van der Waals surface area (Å²) in [6, 6.07) is 26.6.